The van der Waals surface area contributed by atoms with Gasteiger partial charge in [0.25, 0.3) is 0 Å². The molecule has 2 unspecified atom stereocenters. The normalized spacial score (nSPS) is 20.2. The molecule has 1 fully saturated rings. The quantitative estimate of drug-likeness (QED) is 0.899. The molecule has 19 heavy (non-hydrogen) atoms. The van der Waals surface area contributed by atoms with Crippen LogP contribution in [0.25, 0.3) is 0 Å². The molecule has 1 aliphatic rings. The van der Waals surface area contributed by atoms with Crippen molar-refractivity contribution in [2.24, 2.45) is 5.92 Å². The summed E-state index contributed by atoms with van der Waals surface area (Å²) in [5.74, 6) is 0.452. The van der Waals surface area contributed by atoms with Crippen LogP contribution in [0.5, 0.6) is 0 Å². The molecular formula is C15H21BrFNO. The van der Waals surface area contributed by atoms with E-state index in [0.717, 1.165) is 31.6 Å². The maximum absolute atomic E-state index is 13.2. The Morgan fingerprint density at radius 3 is 2.63 bits per heavy atom. The fraction of sp³-hybridized carbons (Fsp3) is 0.600. The summed E-state index contributed by atoms with van der Waals surface area (Å²) in [7, 11) is 0. The van der Waals surface area contributed by atoms with Crippen LogP contribution in [0.1, 0.15) is 38.3 Å². The number of rotatable bonds is 4. The first-order valence-corrected chi connectivity index (χ1v) is 7.66. The Kier molecular flexibility index (Phi) is 5.37. The van der Waals surface area contributed by atoms with Crippen LogP contribution in [0.15, 0.2) is 22.7 Å². The van der Waals surface area contributed by atoms with Gasteiger partial charge in [-0.05, 0) is 66.2 Å². The summed E-state index contributed by atoms with van der Waals surface area (Å²) >= 11 is 3.24. The summed E-state index contributed by atoms with van der Waals surface area (Å²) in [5.41, 5.74) is 1.10. The van der Waals surface area contributed by atoms with Gasteiger partial charge in [-0.2, -0.15) is 0 Å². The third-order valence-corrected chi connectivity index (χ3v) is 4.54. The Morgan fingerprint density at radius 2 is 2.00 bits per heavy atom. The van der Waals surface area contributed by atoms with E-state index in [-0.39, 0.29) is 11.9 Å². The molecule has 1 aliphatic heterocycles. The molecule has 0 amide bonds. The number of halogens is 2. The van der Waals surface area contributed by atoms with Crippen LogP contribution in [0, 0.1) is 11.7 Å². The second-order valence-corrected chi connectivity index (χ2v) is 6.15. The third-order valence-electron chi connectivity index (χ3n) is 3.93. The number of hydrogen-bond acceptors (Lipinski definition) is 2. The van der Waals surface area contributed by atoms with Crippen molar-refractivity contribution in [2.45, 2.75) is 38.8 Å². The topological polar surface area (TPSA) is 21.3 Å². The van der Waals surface area contributed by atoms with Gasteiger partial charge in [-0.3, -0.25) is 0 Å². The first kappa shape index (κ1) is 14.9. The monoisotopic (exact) mass is 329 g/mol. The molecule has 2 rings (SSSR count). The summed E-state index contributed by atoms with van der Waals surface area (Å²) in [6, 6.07) is 5.87. The zero-order chi connectivity index (χ0) is 13.8. The molecule has 1 N–H and O–H groups in total. The SMILES string of the molecule is CC(NC(C)C1CCOCC1)c1ccc(F)c(Br)c1. The molecule has 2 nitrogen and oxygen atoms in total. The molecule has 0 spiro atoms. The highest BCUT2D eigenvalue weighted by Crippen LogP contribution is 2.24. The Hall–Kier alpha value is -0.450. The molecule has 1 saturated heterocycles. The van der Waals surface area contributed by atoms with E-state index in [0.29, 0.717) is 16.4 Å². The lowest BCUT2D eigenvalue weighted by Crippen LogP contribution is -2.38. The van der Waals surface area contributed by atoms with Crippen molar-refractivity contribution in [3.05, 3.63) is 34.1 Å². The molecule has 2 atom stereocenters. The molecule has 4 heteroatoms. The summed E-state index contributed by atoms with van der Waals surface area (Å²) in [5, 5.41) is 3.61. The van der Waals surface area contributed by atoms with Crippen molar-refractivity contribution < 1.29 is 9.13 Å². The Balaban J connectivity index is 1.95. The zero-order valence-corrected chi connectivity index (χ0v) is 13.0. The summed E-state index contributed by atoms with van der Waals surface area (Å²) < 4.78 is 19.2. The molecule has 0 aliphatic carbocycles. The minimum Gasteiger partial charge on any atom is -0.381 e. The lowest BCUT2D eigenvalue weighted by molar-refractivity contribution is 0.0547. The summed E-state index contributed by atoms with van der Waals surface area (Å²) in [6.07, 6.45) is 2.24. The second kappa shape index (κ2) is 6.82. The van der Waals surface area contributed by atoms with Gasteiger partial charge in [-0.25, -0.2) is 4.39 Å². The van der Waals surface area contributed by atoms with Crippen molar-refractivity contribution in [3.63, 3.8) is 0 Å². The predicted octanol–water partition coefficient (Wildman–Crippen LogP) is 4.05. The van der Waals surface area contributed by atoms with Crippen LogP contribution in [-0.2, 0) is 4.74 Å². The molecule has 0 bridgehead atoms. The van der Waals surface area contributed by atoms with Gasteiger partial charge in [0, 0.05) is 25.3 Å². The van der Waals surface area contributed by atoms with E-state index in [1.807, 2.05) is 12.1 Å². The number of hydrogen-bond donors (Lipinski definition) is 1. The van der Waals surface area contributed by atoms with E-state index in [9.17, 15) is 4.39 Å². The van der Waals surface area contributed by atoms with Crippen LogP contribution in [0.4, 0.5) is 4.39 Å². The highest BCUT2D eigenvalue weighted by molar-refractivity contribution is 9.10. The maximum Gasteiger partial charge on any atom is 0.137 e. The molecule has 1 aromatic carbocycles. The van der Waals surface area contributed by atoms with Crippen LogP contribution < -0.4 is 5.32 Å². The molecule has 1 heterocycles. The van der Waals surface area contributed by atoms with Crippen LogP contribution in [-0.4, -0.2) is 19.3 Å². The van der Waals surface area contributed by atoms with Crippen LogP contribution in [0.2, 0.25) is 0 Å². The smallest absolute Gasteiger partial charge is 0.137 e. The fourth-order valence-corrected chi connectivity index (χ4v) is 3.02. The minimum atomic E-state index is -0.214. The summed E-state index contributed by atoms with van der Waals surface area (Å²) in [6.45, 7) is 6.08. The lowest BCUT2D eigenvalue weighted by atomic mass is 9.92. The molecule has 0 saturated carbocycles. The lowest BCUT2D eigenvalue weighted by Gasteiger charge is -2.31. The van der Waals surface area contributed by atoms with Gasteiger partial charge in [-0.1, -0.05) is 6.07 Å². The van der Waals surface area contributed by atoms with Crippen molar-refractivity contribution in [2.75, 3.05) is 13.2 Å². The third kappa shape index (κ3) is 4.01. The molecular weight excluding hydrogens is 309 g/mol. The predicted molar refractivity (Wildman–Crippen MR) is 78.7 cm³/mol. The van der Waals surface area contributed by atoms with Crippen molar-refractivity contribution >= 4 is 15.9 Å². The van der Waals surface area contributed by atoms with Gasteiger partial charge >= 0.3 is 0 Å². The standard InChI is InChI=1S/C15H21BrFNO/c1-10(12-5-7-19-8-6-12)18-11(2)13-3-4-15(17)14(16)9-13/h3-4,9-12,18H,5-8H2,1-2H3. The maximum atomic E-state index is 13.2. The average molecular weight is 330 g/mol. The number of benzene rings is 1. The Labute approximate surface area is 122 Å². The molecule has 1 aromatic rings. The largest absolute Gasteiger partial charge is 0.381 e. The number of ether oxygens (including phenoxy) is 1. The second-order valence-electron chi connectivity index (χ2n) is 5.30. The average Bonchev–Trinajstić information content (AvgIpc) is 2.42. The summed E-state index contributed by atoms with van der Waals surface area (Å²) in [4.78, 5) is 0. The Bertz CT molecular complexity index is 421. The van der Waals surface area contributed by atoms with E-state index in [1.54, 1.807) is 0 Å². The van der Waals surface area contributed by atoms with Crippen LogP contribution in [0.3, 0.4) is 0 Å². The molecule has 0 radical (unpaired) electrons. The first-order chi connectivity index (χ1) is 9.08. The highest BCUT2D eigenvalue weighted by atomic mass is 79.9. The minimum absolute atomic E-state index is 0.214. The van der Waals surface area contributed by atoms with Crippen LogP contribution >= 0.6 is 15.9 Å². The van der Waals surface area contributed by atoms with Gasteiger partial charge in [-0.15, -0.1) is 0 Å². The fourth-order valence-electron chi connectivity index (χ4n) is 2.62. The van der Waals surface area contributed by atoms with E-state index < -0.39 is 0 Å². The van der Waals surface area contributed by atoms with Gasteiger partial charge in [0.05, 0.1) is 4.47 Å². The molecule has 106 valence electrons. The van der Waals surface area contributed by atoms with Gasteiger partial charge < -0.3 is 10.1 Å². The first-order valence-electron chi connectivity index (χ1n) is 6.86. The highest BCUT2D eigenvalue weighted by Gasteiger charge is 2.22. The van der Waals surface area contributed by atoms with Crippen molar-refractivity contribution in [1.29, 1.82) is 0 Å². The van der Waals surface area contributed by atoms with E-state index in [1.165, 1.54) is 6.07 Å². The van der Waals surface area contributed by atoms with Gasteiger partial charge in [0.2, 0.25) is 0 Å². The number of nitrogens with one attached hydrogen (secondary N) is 1. The Morgan fingerprint density at radius 1 is 1.32 bits per heavy atom. The van der Waals surface area contributed by atoms with Gasteiger partial charge in [0.1, 0.15) is 5.82 Å². The van der Waals surface area contributed by atoms with E-state index in [4.69, 9.17) is 4.74 Å². The van der Waals surface area contributed by atoms with Crippen molar-refractivity contribution in [1.82, 2.24) is 5.32 Å². The van der Waals surface area contributed by atoms with Gasteiger partial charge in [0.15, 0.2) is 0 Å². The van der Waals surface area contributed by atoms with E-state index >= 15 is 0 Å². The van der Waals surface area contributed by atoms with E-state index in [2.05, 4.69) is 35.1 Å². The molecule has 0 aromatic heterocycles. The zero-order valence-electron chi connectivity index (χ0n) is 11.5. The van der Waals surface area contributed by atoms with Crippen molar-refractivity contribution in [3.8, 4) is 0 Å².